The molecule has 1 aliphatic carbocycles. The molecule has 2 rings (SSSR count). The molecule has 0 bridgehead atoms. The largest absolute Gasteiger partial charge is 0.481 e. The van der Waals surface area contributed by atoms with Crippen molar-refractivity contribution in [2.75, 3.05) is 0 Å². The molecule has 0 fully saturated rings. The lowest BCUT2D eigenvalue weighted by Crippen LogP contribution is -2.38. The highest BCUT2D eigenvalue weighted by Crippen LogP contribution is 2.34. The van der Waals surface area contributed by atoms with E-state index in [-0.39, 0.29) is 5.92 Å². The summed E-state index contributed by atoms with van der Waals surface area (Å²) in [7, 11) is 0. The maximum absolute atomic E-state index is 11.1. The van der Waals surface area contributed by atoms with E-state index in [4.69, 9.17) is 5.11 Å². The van der Waals surface area contributed by atoms with E-state index in [1.54, 1.807) is 6.92 Å². The third-order valence-corrected chi connectivity index (χ3v) is 4.28. The Hall–Kier alpha value is -1.35. The lowest BCUT2D eigenvalue weighted by atomic mass is 9.73. The molecule has 0 amide bonds. The van der Waals surface area contributed by atoms with Crippen LogP contribution in [0.25, 0.3) is 0 Å². The van der Waals surface area contributed by atoms with Crippen LogP contribution in [0.1, 0.15) is 29.2 Å². The zero-order chi connectivity index (χ0) is 13.4. The van der Waals surface area contributed by atoms with Crippen molar-refractivity contribution in [3.8, 4) is 0 Å². The maximum atomic E-state index is 11.1. The van der Waals surface area contributed by atoms with Crippen molar-refractivity contribution >= 4 is 5.97 Å². The number of benzene rings is 1. The number of carbonyl (C=O) groups is 1. The van der Waals surface area contributed by atoms with Crippen LogP contribution in [0.2, 0.25) is 0 Å². The highest BCUT2D eigenvalue weighted by Gasteiger charge is 2.35. The first-order valence-corrected chi connectivity index (χ1v) is 6.40. The van der Waals surface area contributed by atoms with E-state index >= 15 is 0 Å². The summed E-state index contributed by atoms with van der Waals surface area (Å²) in [6.45, 7) is 5.79. The molecule has 3 nitrogen and oxygen atoms in total. The molecule has 0 aliphatic heterocycles. The minimum Gasteiger partial charge on any atom is -0.481 e. The molecule has 98 valence electrons. The fraction of sp³-hybridized carbons (Fsp3) is 0.533. The topological polar surface area (TPSA) is 57.5 Å². The van der Waals surface area contributed by atoms with Crippen molar-refractivity contribution in [1.29, 1.82) is 0 Å². The monoisotopic (exact) mass is 248 g/mol. The van der Waals surface area contributed by atoms with Crippen LogP contribution in [0.5, 0.6) is 0 Å². The van der Waals surface area contributed by atoms with Gasteiger partial charge in [0, 0.05) is 5.92 Å². The molecular weight excluding hydrogens is 228 g/mol. The smallest absolute Gasteiger partial charge is 0.306 e. The van der Waals surface area contributed by atoms with Gasteiger partial charge in [-0.3, -0.25) is 4.79 Å². The molecule has 1 aromatic rings. The summed E-state index contributed by atoms with van der Waals surface area (Å²) in [4.78, 5) is 11.1. The summed E-state index contributed by atoms with van der Waals surface area (Å²) in [5, 5.41) is 19.3. The van der Waals surface area contributed by atoms with Crippen molar-refractivity contribution in [3.05, 3.63) is 34.4 Å². The summed E-state index contributed by atoms with van der Waals surface area (Å²) in [6, 6.07) is 4.15. The zero-order valence-corrected chi connectivity index (χ0v) is 11.1. The molecule has 0 heterocycles. The number of rotatable bonds is 2. The van der Waals surface area contributed by atoms with E-state index < -0.39 is 18.0 Å². The van der Waals surface area contributed by atoms with Crippen LogP contribution in [0.15, 0.2) is 12.1 Å². The Morgan fingerprint density at radius 2 is 1.72 bits per heavy atom. The van der Waals surface area contributed by atoms with Crippen molar-refractivity contribution < 1.29 is 15.0 Å². The summed E-state index contributed by atoms with van der Waals surface area (Å²) >= 11 is 0. The Kier molecular flexibility index (Phi) is 3.44. The standard InChI is InChI=1S/C15H20O3/c1-8-4-5-9(2)12-7-14(16)13(6-11(8)12)10(3)15(17)18/h4-5,10,13-14,16H,6-7H2,1-3H3,(H,17,18). The van der Waals surface area contributed by atoms with Gasteiger partial charge in [-0.25, -0.2) is 0 Å². The Labute approximate surface area is 107 Å². The molecule has 0 aromatic heterocycles. The van der Waals surface area contributed by atoms with E-state index in [9.17, 15) is 9.90 Å². The quantitative estimate of drug-likeness (QED) is 0.842. The average Bonchev–Trinajstić information content (AvgIpc) is 2.32. The van der Waals surface area contributed by atoms with E-state index in [2.05, 4.69) is 19.1 Å². The van der Waals surface area contributed by atoms with Crippen LogP contribution in [-0.4, -0.2) is 22.3 Å². The fourth-order valence-electron chi connectivity index (χ4n) is 2.92. The second kappa shape index (κ2) is 4.73. The van der Waals surface area contributed by atoms with Gasteiger partial charge in [-0.15, -0.1) is 0 Å². The number of fused-ring (bicyclic) bond motifs is 1. The van der Waals surface area contributed by atoms with E-state index in [0.717, 1.165) is 0 Å². The molecule has 0 spiro atoms. The van der Waals surface area contributed by atoms with E-state index in [1.807, 2.05) is 6.92 Å². The highest BCUT2D eigenvalue weighted by molar-refractivity contribution is 5.70. The third kappa shape index (κ3) is 2.15. The first-order valence-electron chi connectivity index (χ1n) is 6.40. The van der Waals surface area contributed by atoms with E-state index in [0.29, 0.717) is 12.8 Å². The van der Waals surface area contributed by atoms with Crippen LogP contribution in [0, 0.1) is 25.7 Å². The van der Waals surface area contributed by atoms with Crippen molar-refractivity contribution in [2.45, 2.75) is 39.7 Å². The second-order valence-corrected chi connectivity index (χ2v) is 5.42. The zero-order valence-electron chi connectivity index (χ0n) is 11.1. The molecule has 18 heavy (non-hydrogen) atoms. The lowest BCUT2D eigenvalue weighted by Gasteiger charge is -2.34. The highest BCUT2D eigenvalue weighted by atomic mass is 16.4. The van der Waals surface area contributed by atoms with Crippen LogP contribution in [-0.2, 0) is 17.6 Å². The molecule has 3 atom stereocenters. The number of hydrogen-bond donors (Lipinski definition) is 2. The average molecular weight is 248 g/mol. The van der Waals surface area contributed by atoms with E-state index in [1.165, 1.54) is 22.3 Å². The van der Waals surface area contributed by atoms with Gasteiger partial charge in [0.15, 0.2) is 0 Å². The van der Waals surface area contributed by atoms with Gasteiger partial charge in [0.2, 0.25) is 0 Å². The van der Waals surface area contributed by atoms with Gasteiger partial charge < -0.3 is 10.2 Å². The maximum Gasteiger partial charge on any atom is 0.306 e. The summed E-state index contributed by atoms with van der Waals surface area (Å²) < 4.78 is 0. The Bertz CT molecular complexity index is 479. The number of hydrogen-bond acceptors (Lipinski definition) is 2. The number of aliphatic carboxylic acids is 1. The van der Waals surface area contributed by atoms with Crippen LogP contribution in [0.3, 0.4) is 0 Å². The molecule has 1 aliphatic rings. The molecule has 2 N–H and O–H groups in total. The first kappa shape index (κ1) is 13.1. The Morgan fingerprint density at radius 3 is 2.22 bits per heavy atom. The SMILES string of the molecule is Cc1ccc(C)c2c1CC(O)C(C(C)C(=O)O)C2. The van der Waals surface area contributed by atoms with Gasteiger partial charge in [0.25, 0.3) is 0 Å². The molecule has 1 aromatic carbocycles. The van der Waals surface area contributed by atoms with Crippen LogP contribution in [0.4, 0.5) is 0 Å². The number of aryl methyl sites for hydroxylation is 2. The molecule has 0 saturated carbocycles. The third-order valence-electron chi connectivity index (χ3n) is 4.28. The normalized spacial score (nSPS) is 24.4. The molecule has 0 radical (unpaired) electrons. The van der Waals surface area contributed by atoms with Crippen molar-refractivity contribution in [1.82, 2.24) is 0 Å². The summed E-state index contributed by atoms with van der Waals surface area (Å²) in [6.07, 6.45) is 0.687. The van der Waals surface area contributed by atoms with Gasteiger partial charge in [-0.05, 0) is 48.9 Å². The van der Waals surface area contributed by atoms with Gasteiger partial charge >= 0.3 is 5.97 Å². The minimum absolute atomic E-state index is 0.185. The number of carboxylic acid groups (broad SMARTS) is 1. The molecular formula is C15H20O3. The number of aliphatic hydroxyl groups is 1. The van der Waals surface area contributed by atoms with Crippen LogP contribution < -0.4 is 0 Å². The predicted octanol–water partition coefficient (Wildman–Crippen LogP) is 2.10. The van der Waals surface area contributed by atoms with Gasteiger partial charge in [-0.1, -0.05) is 19.1 Å². The molecule has 3 heteroatoms. The van der Waals surface area contributed by atoms with Crippen LogP contribution >= 0.6 is 0 Å². The predicted molar refractivity (Wildman–Crippen MR) is 69.6 cm³/mol. The molecule has 3 unspecified atom stereocenters. The van der Waals surface area contributed by atoms with Crippen molar-refractivity contribution in [3.63, 3.8) is 0 Å². The first-order chi connectivity index (χ1) is 8.41. The lowest BCUT2D eigenvalue weighted by molar-refractivity contribution is -0.144. The van der Waals surface area contributed by atoms with Gasteiger partial charge in [-0.2, -0.15) is 0 Å². The second-order valence-electron chi connectivity index (χ2n) is 5.42. The number of carboxylic acids is 1. The summed E-state index contributed by atoms with van der Waals surface area (Å²) in [5.41, 5.74) is 4.83. The van der Waals surface area contributed by atoms with Crippen molar-refractivity contribution in [2.24, 2.45) is 11.8 Å². The Morgan fingerprint density at radius 1 is 1.22 bits per heavy atom. The Balaban J connectivity index is 2.38. The van der Waals surface area contributed by atoms with Gasteiger partial charge in [0.05, 0.1) is 12.0 Å². The molecule has 0 saturated heterocycles. The fourth-order valence-corrected chi connectivity index (χ4v) is 2.92. The number of aliphatic hydroxyl groups excluding tert-OH is 1. The summed E-state index contributed by atoms with van der Waals surface area (Å²) in [5.74, 6) is -1.52. The minimum atomic E-state index is -0.826. The van der Waals surface area contributed by atoms with Gasteiger partial charge in [0.1, 0.15) is 0 Å².